The normalized spacial score (nSPS) is 10.3. The predicted octanol–water partition coefficient (Wildman–Crippen LogP) is 4.66. The van der Waals surface area contributed by atoms with Gasteiger partial charge in [-0.25, -0.2) is 0 Å². The van der Waals surface area contributed by atoms with E-state index in [0.717, 1.165) is 15.8 Å². The molecule has 0 radical (unpaired) electrons. The summed E-state index contributed by atoms with van der Waals surface area (Å²) >= 11 is 10.5. The van der Waals surface area contributed by atoms with Gasteiger partial charge in [0.2, 0.25) is 0 Å². The van der Waals surface area contributed by atoms with Crippen molar-refractivity contribution in [1.29, 1.82) is 0 Å². The van der Waals surface area contributed by atoms with E-state index in [0.29, 0.717) is 10.3 Å². The maximum absolute atomic E-state index is 5.71. The Bertz CT molecular complexity index is 486. The summed E-state index contributed by atoms with van der Waals surface area (Å²) in [6.45, 7) is 1.98. The van der Waals surface area contributed by atoms with Gasteiger partial charge in [0.05, 0.1) is 0 Å². The summed E-state index contributed by atoms with van der Waals surface area (Å²) in [7, 11) is 0. The van der Waals surface area contributed by atoms with E-state index in [-0.39, 0.29) is 0 Å². The van der Waals surface area contributed by atoms with Crippen LogP contribution >= 0.6 is 38.9 Å². The van der Waals surface area contributed by atoms with E-state index in [1.807, 2.05) is 25.1 Å². The molecule has 1 aromatic heterocycles. The van der Waals surface area contributed by atoms with Crippen LogP contribution in [0.25, 0.3) is 0 Å². The molecule has 2 aromatic rings. The van der Waals surface area contributed by atoms with Gasteiger partial charge in [0.25, 0.3) is 5.19 Å². The standard InChI is InChI=1S/C10H7BrClNOS/c1-6-2-3-7(11)4-8(6)14-10-13-9(12)5-15-10/h2-5H,1H3. The Morgan fingerprint density at radius 3 is 2.93 bits per heavy atom. The summed E-state index contributed by atoms with van der Waals surface area (Å²) in [4.78, 5) is 4.02. The van der Waals surface area contributed by atoms with Crippen LogP contribution in [-0.4, -0.2) is 4.98 Å². The third-order valence-electron chi connectivity index (χ3n) is 1.80. The second kappa shape index (κ2) is 4.51. The van der Waals surface area contributed by atoms with Crippen LogP contribution in [0.2, 0.25) is 5.15 Å². The van der Waals surface area contributed by atoms with Crippen LogP contribution in [0.15, 0.2) is 28.1 Å². The smallest absolute Gasteiger partial charge is 0.280 e. The molecule has 0 saturated heterocycles. The third-order valence-corrected chi connectivity index (χ3v) is 3.34. The first kappa shape index (κ1) is 10.9. The molecule has 0 aliphatic rings. The summed E-state index contributed by atoms with van der Waals surface area (Å²) in [5.41, 5.74) is 1.06. The highest BCUT2D eigenvalue weighted by Gasteiger charge is 2.05. The van der Waals surface area contributed by atoms with Crippen molar-refractivity contribution in [2.24, 2.45) is 0 Å². The lowest BCUT2D eigenvalue weighted by atomic mass is 10.2. The summed E-state index contributed by atoms with van der Waals surface area (Å²) in [5.74, 6) is 0.787. The Labute approximate surface area is 105 Å². The zero-order valence-corrected chi connectivity index (χ0v) is 11.0. The number of aryl methyl sites for hydroxylation is 1. The number of aromatic nitrogens is 1. The van der Waals surface area contributed by atoms with Crippen molar-refractivity contribution in [3.63, 3.8) is 0 Å². The fourth-order valence-electron chi connectivity index (χ4n) is 1.06. The number of benzene rings is 1. The summed E-state index contributed by atoms with van der Waals surface area (Å²) in [5, 5.41) is 2.76. The summed E-state index contributed by atoms with van der Waals surface area (Å²) in [6.07, 6.45) is 0. The molecule has 0 aliphatic heterocycles. The molecule has 78 valence electrons. The molecule has 0 fully saturated rings. The number of thiazole rings is 1. The van der Waals surface area contributed by atoms with Crippen LogP contribution < -0.4 is 4.74 Å². The molecule has 1 heterocycles. The molecule has 0 bridgehead atoms. The molecule has 0 amide bonds. The van der Waals surface area contributed by atoms with Gasteiger partial charge in [-0.05, 0) is 24.6 Å². The van der Waals surface area contributed by atoms with Crippen molar-refractivity contribution in [3.8, 4) is 10.9 Å². The number of hydrogen-bond acceptors (Lipinski definition) is 3. The van der Waals surface area contributed by atoms with Gasteiger partial charge in [0, 0.05) is 9.85 Å². The highest BCUT2D eigenvalue weighted by Crippen LogP contribution is 2.30. The monoisotopic (exact) mass is 303 g/mol. The SMILES string of the molecule is Cc1ccc(Br)cc1Oc1nc(Cl)cs1. The van der Waals surface area contributed by atoms with E-state index in [1.165, 1.54) is 11.3 Å². The number of rotatable bonds is 2. The van der Waals surface area contributed by atoms with Gasteiger partial charge in [0.1, 0.15) is 10.9 Å². The van der Waals surface area contributed by atoms with E-state index < -0.39 is 0 Å². The minimum Gasteiger partial charge on any atom is -0.431 e. The predicted molar refractivity (Wildman–Crippen MR) is 66.1 cm³/mol. The van der Waals surface area contributed by atoms with E-state index in [9.17, 15) is 0 Å². The molecule has 0 atom stereocenters. The Morgan fingerprint density at radius 1 is 1.47 bits per heavy atom. The van der Waals surface area contributed by atoms with Crippen molar-refractivity contribution in [3.05, 3.63) is 38.8 Å². The van der Waals surface area contributed by atoms with Crippen molar-refractivity contribution >= 4 is 38.9 Å². The Balaban J connectivity index is 2.27. The van der Waals surface area contributed by atoms with Crippen LogP contribution in [0.1, 0.15) is 5.56 Å². The topological polar surface area (TPSA) is 22.1 Å². The highest BCUT2D eigenvalue weighted by atomic mass is 79.9. The van der Waals surface area contributed by atoms with E-state index in [2.05, 4.69) is 20.9 Å². The second-order valence-electron chi connectivity index (χ2n) is 2.95. The van der Waals surface area contributed by atoms with Crippen molar-refractivity contribution in [2.45, 2.75) is 6.92 Å². The fourth-order valence-corrected chi connectivity index (χ4v) is 2.20. The van der Waals surface area contributed by atoms with Crippen molar-refractivity contribution < 1.29 is 4.74 Å². The molecule has 0 saturated carbocycles. The van der Waals surface area contributed by atoms with Crippen LogP contribution in [-0.2, 0) is 0 Å². The van der Waals surface area contributed by atoms with Gasteiger partial charge >= 0.3 is 0 Å². The fraction of sp³-hybridized carbons (Fsp3) is 0.100. The Kier molecular flexibility index (Phi) is 3.29. The van der Waals surface area contributed by atoms with Crippen molar-refractivity contribution in [2.75, 3.05) is 0 Å². The van der Waals surface area contributed by atoms with Crippen LogP contribution in [0.3, 0.4) is 0 Å². The molecule has 0 aliphatic carbocycles. The van der Waals surface area contributed by atoms with E-state index in [4.69, 9.17) is 16.3 Å². The van der Waals surface area contributed by atoms with Crippen molar-refractivity contribution in [1.82, 2.24) is 4.98 Å². The number of hydrogen-bond donors (Lipinski definition) is 0. The Hall–Kier alpha value is -0.580. The lowest BCUT2D eigenvalue weighted by molar-refractivity contribution is 0.475. The number of halogens is 2. The maximum Gasteiger partial charge on any atom is 0.280 e. The molecular weight excluding hydrogens is 298 g/mol. The zero-order valence-electron chi connectivity index (χ0n) is 7.83. The molecule has 2 nitrogen and oxygen atoms in total. The number of ether oxygens (including phenoxy) is 1. The minimum atomic E-state index is 0.461. The molecule has 0 unspecified atom stereocenters. The number of nitrogens with zero attached hydrogens (tertiary/aromatic N) is 1. The van der Waals surface area contributed by atoms with Gasteiger partial charge in [0.15, 0.2) is 0 Å². The third kappa shape index (κ3) is 2.71. The second-order valence-corrected chi connectivity index (χ2v) is 5.07. The zero-order chi connectivity index (χ0) is 10.8. The van der Waals surface area contributed by atoms with Crippen LogP contribution in [0, 0.1) is 6.92 Å². The van der Waals surface area contributed by atoms with Crippen LogP contribution in [0.4, 0.5) is 0 Å². The minimum absolute atomic E-state index is 0.461. The first-order valence-electron chi connectivity index (χ1n) is 4.20. The maximum atomic E-state index is 5.71. The molecular formula is C10H7BrClNOS. The summed E-state index contributed by atoms with van der Waals surface area (Å²) < 4.78 is 6.58. The molecule has 0 N–H and O–H groups in total. The summed E-state index contributed by atoms with van der Waals surface area (Å²) in [6, 6.07) is 5.86. The van der Waals surface area contributed by atoms with Crippen LogP contribution in [0.5, 0.6) is 10.9 Å². The molecule has 15 heavy (non-hydrogen) atoms. The first-order valence-corrected chi connectivity index (χ1v) is 6.25. The molecule has 1 aromatic carbocycles. The van der Waals surface area contributed by atoms with Gasteiger partial charge < -0.3 is 4.74 Å². The van der Waals surface area contributed by atoms with E-state index in [1.54, 1.807) is 5.38 Å². The molecule has 0 spiro atoms. The lowest BCUT2D eigenvalue weighted by Crippen LogP contribution is -1.86. The van der Waals surface area contributed by atoms with Gasteiger partial charge in [-0.2, -0.15) is 4.98 Å². The largest absolute Gasteiger partial charge is 0.431 e. The van der Waals surface area contributed by atoms with E-state index >= 15 is 0 Å². The van der Waals surface area contributed by atoms with Gasteiger partial charge in [-0.15, -0.1) is 0 Å². The van der Waals surface area contributed by atoms with Gasteiger partial charge in [-0.1, -0.05) is 44.9 Å². The van der Waals surface area contributed by atoms with Gasteiger partial charge in [-0.3, -0.25) is 0 Å². The average Bonchev–Trinajstić information content (AvgIpc) is 2.58. The first-order chi connectivity index (χ1) is 7.15. The molecule has 5 heteroatoms. The highest BCUT2D eigenvalue weighted by molar-refractivity contribution is 9.10. The lowest BCUT2D eigenvalue weighted by Gasteiger charge is -2.05. The molecule has 2 rings (SSSR count). The quantitative estimate of drug-likeness (QED) is 0.805. The average molecular weight is 305 g/mol. The Morgan fingerprint density at radius 2 is 2.27 bits per heavy atom.